The van der Waals surface area contributed by atoms with E-state index in [1.807, 2.05) is 32.0 Å². The third-order valence-electron chi connectivity index (χ3n) is 5.40. The van der Waals surface area contributed by atoms with Crippen LogP contribution < -0.4 is 15.4 Å². The number of amides is 2. The summed E-state index contributed by atoms with van der Waals surface area (Å²) in [6, 6.07) is 18.8. The van der Waals surface area contributed by atoms with E-state index < -0.39 is 5.97 Å². The lowest BCUT2D eigenvalue weighted by Gasteiger charge is -2.13. The first-order valence-corrected chi connectivity index (χ1v) is 11.0. The van der Waals surface area contributed by atoms with Gasteiger partial charge in [0.1, 0.15) is 5.75 Å². The van der Waals surface area contributed by atoms with Crippen LogP contribution >= 0.6 is 0 Å². The highest BCUT2D eigenvalue weighted by molar-refractivity contribution is 6.06. The molecule has 176 valence electrons. The topological polar surface area (TPSA) is 110 Å². The van der Waals surface area contributed by atoms with E-state index in [0.29, 0.717) is 28.1 Å². The largest absolute Gasteiger partial charge is 0.427 e. The van der Waals surface area contributed by atoms with Gasteiger partial charge < -0.3 is 15.4 Å². The fourth-order valence-corrected chi connectivity index (χ4v) is 3.51. The number of anilines is 1. The maximum Gasteiger partial charge on any atom is 0.308 e. The molecule has 0 atom stereocenters. The molecule has 0 unspecified atom stereocenters. The monoisotopic (exact) mass is 468 g/mol. The Kier molecular flexibility index (Phi) is 6.82. The molecule has 0 radical (unpaired) electrons. The summed E-state index contributed by atoms with van der Waals surface area (Å²) in [5.74, 6) is -0.794. The Morgan fingerprint density at radius 1 is 0.800 bits per heavy atom. The number of fused-ring (bicyclic) bond motifs is 1. The molecule has 0 saturated heterocycles. The number of carbonyl (C=O) groups excluding carboxylic acids is 3. The van der Waals surface area contributed by atoms with Crippen LogP contribution in [0.25, 0.3) is 11.0 Å². The normalized spacial score (nSPS) is 10.6. The molecule has 3 aromatic carbocycles. The summed E-state index contributed by atoms with van der Waals surface area (Å²) in [4.78, 5) is 45.8. The van der Waals surface area contributed by atoms with Crippen LogP contribution in [-0.2, 0) is 11.3 Å². The number of para-hydroxylation sites is 1. The number of aromatic nitrogens is 2. The molecule has 0 saturated carbocycles. The van der Waals surface area contributed by atoms with Gasteiger partial charge >= 0.3 is 5.97 Å². The average Bonchev–Trinajstić information content (AvgIpc) is 2.83. The molecule has 2 amide bonds. The summed E-state index contributed by atoms with van der Waals surface area (Å²) in [5.41, 5.74) is 5.17. The molecule has 0 bridgehead atoms. The second-order valence-corrected chi connectivity index (χ2v) is 8.01. The van der Waals surface area contributed by atoms with Crippen LogP contribution in [0.4, 0.5) is 5.69 Å². The summed E-state index contributed by atoms with van der Waals surface area (Å²) in [7, 11) is 0. The van der Waals surface area contributed by atoms with Crippen molar-refractivity contribution in [1.29, 1.82) is 0 Å². The zero-order valence-corrected chi connectivity index (χ0v) is 19.6. The molecule has 4 aromatic rings. The van der Waals surface area contributed by atoms with Crippen LogP contribution in [0, 0.1) is 13.8 Å². The van der Waals surface area contributed by atoms with Gasteiger partial charge in [-0.05, 0) is 61.9 Å². The van der Waals surface area contributed by atoms with Crippen molar-refractivity contribution < 1.29 is 19.1 Å². The van der Waals surface area contributed by atoms with Crippen molar-refractivity contribution in [3.8, 4) is 5.75 Å². The summed E-state index contributed by atoms with van der Waals surface area (Å²) < 4.78 is 5.04. The Hall–Kier alpha value is -4.59. The van der Waals surface area contributed by atoms with Crippen molar-refractivity contribution in [3.05, 3.63) is 94.8 Å². The van der Waals surface area contributed by atoms with E-state index in [4.69, 9.17) is 4.74 Å². The lowest BCUT2D eigenvalue weighted by Crippen LogP contribution is -2.24. The van der Waals surface area contributed by atoms with Gasteiger partial charge in [0, 0.05) is 30.3 Å². The van der Waals surface area contributed by atoms with E-state index in [-0.39, 0.29) is 18.4 Å². The number of hydrogen-bond donors (Lipinski definition) is 2. The van der Waals surface area contributed by atoms with E-state index in [9.17, 15) is 14.4 Å². The maximum atomic E-state index is 13.0. The minimum Gasteiger partial charge on any atom is -0.427 e. The predicted octanol–water partition coefficient (Wildman–Crippen LogP) is 4.35. The van der Waals surface area contributed by atoms with Crippen molar-refractivity contribution in [1.82, 2.24) is 15.3 Å². The third-order valence-corrected chi connectivity index (χ3v) is 5.40. The molecule has 35 heavy (non-hydrogen) atoms. The lowest BCUT2D eigenvalue weighted by atomic mass is 10.1. The molecule has 1 heterocycles. The number of nitrogens with zero attached hydrogens (tertiary/aromatic N) is 2. The molecule has 0 spiro atoms. The van der Waals surface area contributed by atoms with Crippen LogP contribution in [0.3, 0.4) is 0 Å². The Labute approximate surface area is 202 Å². The number of rotatable bonds is 6. The Balaban J connectivity index is 1.47. The first kappa shape index (κ1) is 23.6. The van der Waals surface area contributed by atoms with Gasteiger partial charge in [-0.15, -0.1) is 0 Å². The van der Waals surface area contributed by atoms with Crippen LogP contribution in [0.5, 0.6) is 5.75 Å². The molecule has 0 aliphatic heterocycles. The number of hydrogen-bond acceptors (Lipinski definition) is 6. The minimum atomic E-state index is -0.462. The molecular weight excluding hydrogens is 444 g/mol. The van der Waals surface area contributed by atoms with Gasteiger partial charge in [0.05, 0.1) is 22.4 Å². The lowest BCUT2D eigenvalue weighted by molar-refractivity contribution is -0.131. The van der Waals surface area contributed by atoms with E-state index in [2.05, 4.69) is 20.6 Å². The van der Waals surface area contributed by atoms with Crippen LogP contribution in [0.15, 0.2) is 66.7 Å². The molecule has 1 aromatic heterocycles. The fourth-order valence-electron chi connectivity index (χ4n) is 3.51. The second kappa shape index (κ2) is 10.1. The maximum absolute atomic E-state index is 13.0. The van der Waals surface area contributed by atoms with E-state index in [0.717, 1.165) is 22.5 Å². The SMILES string of the molecule is CC(=O)Oc1cccc(C(=O)NCc2ccccc2NC(=O)c2ccc3nc(C)c(C)nc3c2)c1. The zero-order valence-electron chi connectivity index (χ0n) is 19.6. The zero-order chi connectivity index (χ0) is 24.9. The predicted molar refractivity (Wildman–Crippen MR) is 132 cm³/mol. The number of benzene rings is 3. The van der Waals surface area contributed by atoms with Gasteiger partial charge in [0.15, 0.2) is 0 Å². The smallest absolute Gasteiger partial charge is 0.308 e. The van der Waals surface area contributed by atoms with Gasteiger partial charge in [-0.25, -0.2) is 9.97 Å². The van der Waals surface area contributed by atoms with Gasteiger partial charge in [-0.1, -0.05) is 24.3 Å². The first-order valence-electron chi connectivity index (χ1n) is 11.0. The van der Waals surface area contributed by atoms with E-state index >= 15 is 0 Å². The summed E-state index contributed by atoms with van der Waals surface area (Å²) in [6.45, 7) is 5.26. The molecule has 8 heteroatoms. The Morgan fingerprint density at radius 2 is 1.51 bits per heavy atom. The number of aryl methyl sites for hydroxylation is 2. The average molecular weight is 469 g/mol. The molecular formula is C27H24N4O4. The standard InChI is InChI=1S/C27H24N4O4/c1-16-17(2)30-25-14-20(11-12-24(25)29-16)27(34)31-23-10-5-4-7-21(23)15-28-26(33)19-8-6-9-22(13-19)35-18(3)32/h4-14H,15H2,1-3H3,(H,28,33)(H,31,34). The molecule has 8 nitrogen and oxygen atoms in total. The van der Waals surface area contributed by atoms with Crippen molar-refractivity contribution in [2.75, 3.05) is 5.32 Å². The molecule has 0 aliphatic rings. The first-order chi connectivity index (χ1) is 16.8. The van der Waals surface area contributed by atoms with E-state index in [1.165, 1.54) is 13.0 Å². The Morgan fingerprint density at radius 3 is 2.29 bits per heavy atom. The van der Waals surface area contributed by atoms with E-state index in [1.54, 1.807) is 42.5 Å². The van der Waals surface area contributed by atoms with Gasteiger partial charge in [0.25, 0.3) is 11.8 Å². The quantitative estimate of drug-likeness (QED) is 0.321. The molecule has 0 aliphatic carbocycles. The van der Waals surface area contributed by atoms with Gasteiger partial charge in [-0.3, -0.25) is 14.4 Å². The van der Waals surface area contributed by atoms with Crippen LogP contribution in [0.2, 0.25) is 0 Å². The number of nitrogens with one attached hydrogen (secondary N) is 2. The van der Waals surface area contributed by atoms with Crippen molar-refractivity contribution >= 4 is 34.5 Å². The second-order valence-electron chi connectivity index (χ2n) is 8.01. The fraction of sp³-hybridized carbons (Fsp3) is 0.148. The highest BCUT2D eigenvalue weighted by Gasteiger charge is 2.13. The number of carbonyl (C=O) groups is 3. The highest BCUT2D eigenvalue weighted by Crippen LogP contribution is 2.19. The third kappa shape index (κ3) is 5.67. The van der Waals surface area contributed by atoms with Crippen LogP contribution in [0.1, 0.15) is 44.6 Å². The molecule has 2 N–H and O–H groups in total. The number of esters is 1. The van der Waals surface area contributed by atoms with Crippen molar-refractivity contribution in [2.45, 2.75) is 27.3 Å². The minimum absolute atomic E-state index is 0.189. The summed E-state index contributed by atoms with van der Waals surface area (Å²) in [6.07, 6.45) is 0. The summed E-state index contributed by atoms with van der Waals surface area (Å²) in [5, 5.41) is 5.75. The van der Waals surface area contributed by atoms with Crippen LogP contribution in [-0.4, -0.2) is 27.8 Å². The summed E-state index contributed by atoms with van der Waals surface area (Å²) >= 11 is 0. The number of ether oxygens (including phenoxy) is 1. The van der Waals surface area contributed by atoms with Gasteiger partial charge in [0.2, 0.25) is 0 Å². The van der Waals surface area contributed by atoms with Crippen molar-refractivity contribution in [2.24, 2.45) is 0 Å². The Bertz CT molecular complexity index is 1450. The molecule has 4 rings (SSSR count). The van der Waals surface area contributed by atoms with Gasteiger partial charge in [-0.2, -0.15) is 0 Å². The molecule has 0 fully saturated rings. The van der Waals surface area contributed by atoms with Crippen molar-refractivity contribution in [3.63, 3.8) is 0 Å². The highest BCUT2D eigenvalue weighted by atomic mass is 16.5.